The molecule has 3 N–H and O–H groups in total. The van der Waals surface area contributed by atoms with Crippen molar-refractivity contribution in [3.05, 3.63) is 57.3 Å². The fraction of sp³-hybridized carbons (Fsp3) is 0.214. The molecule has 6 heteroatoms. The Balaban J connectivity index is 1.88. The second-order valence-electron chi connectivity index (χ2n) is 4.75. The summed E-state index contributed by atoms with van der Waals surface area (Å²) in [4.78, 5) is 5.63. The molecule has 4 nitrogen and oxygen atoms in total. The van der Waals surface area contributed by atoms with Crippen molar-refractivity contribution in [3.63, 3.8) is 0 Å². The lowest BCUT2D eigenvalue weighted by Gasteiger charge is -2.17. The van der Waals surface area contributed by atoms with Crippen LogP contribution in [0.25, 0.3) is 4.96 Å². The number of hydrogen-bond acceptors (Lipinski definition) is 4. The Morgan fingerprint density at radius 1 is 1.50 bits per heavy atom. The van der Waals surface area contributed by atoms with Crippen LogP contribution in [0.4, 0.5) is 0 Å². The predicted molar refractivity (Wildman–Crippen MR) is 85.7 cm³/mol. The van der Waals surface area contributed by atoms with Crippen molar-refractivity contribution in [2.75, 3.05) is 0 Å². The van der Waals surface area contributed by atoms with Gasteiger partial charge in [0, 0.05) is 28.7 Å². The van der Waals surface area contributed by atoms with Gasteiger partial charge >= 0.3 is 0 Å². The van der Waals surface area contributed by atoms with Crippen LogP contribution in [0.15, 0.2) is 40.4 Å². The van der Waals surface area contributed by atoms with E-state index >= 15 is 0 Å². The molecular weight excluding hydrogens is 336 g/mol. The SMILES string of the molecule is Cc1cc(Br)ccc1C(Cc1cn2ccsc2n1)NN. The monoisotopic (exact) mass is 350 g/mol. The number of hydrogen-bond donors (Lipinski definition) is 2. The van der Waals surface area contributed by atoms with E-state index in [9.17, 15) is 0 Å². The van der Waals surface area contributed by atoms with E-state index in [0.717, 1.165) is 21.5 Å². The summed E-state index contributed by atoms with van der Waals surface area (Å²) < 4.78 is 3.12. The molecule has 0 saturated heterocycles. The first-order valence-electron chi connectivity index (χ1n) is 6.30. The lowest BCUT2D eigenvalue weighted by Crippen LogP contribution is -2.30. The quantitative estimate of drug-likeness (QED) is 0.561. The van der Waals surface area contributed by atoms with Gasteiger partial charge < -0.3 is 0 Å². The third kappa shape index (κ3) is 2.64. The molecule has 0 bridgehead atoms. The lowest BCUT2D eigenvalue weighted by atomic mass is 9.98. The summed E-state index contributed by atoms with van der Waals surface area (Å²) in [5, 5.41) is 2.03. The van der Waals surface area contributed by atoms with E-state index in [-0.39, 0.29) is 6.04 Å². The summed E-state index contributed by atoms with van der Waals surface area (Å²) in [6.45, 7) is 2.09. The smallest absolute Gasteiger partial charge is 0.193 e. The summed E-state index contributed by atoms with van der Waals surface area (Å²) >= 11 is 5.12. The zero-order valence-electron chi connectivity index (χ0n) is 11.0. The first kappa shape index (κ1) is 13.8. The van der Waals surface area contributed by atoms with Crippen molar-refractivity contribution < 1.29 is 0 Å². The average molecular weight is 351 g/mol. The molecule has 1 aromatic carbocycles. The van der Waals surface area contributed by atoms with E-state index in [2.05, 4.69) is 51.6 Å². The highest BCUT2D eigenvalue weighted by atomic mass is 79.9. The molecule has 0 spiro atoms. The van der Waals surface area contributed by atoms with Crippen LogP contribution in [0.3, 0.4) is 0 Å². The van der Waals surface area contributed by atoms with Gasteiger partial charge in [-0.1, -0.05) is 22.0 Å². The van der Waals surface area contributed by atoms with Crippen molar-refractivity contribution in [1.29, 1.82) is 0 Å². The zero-order chi connectivity index (χ0) is 14.1. The second-order valence-corrected chi connectivity index (χ2v) is 6.54. The van der Waals surface area contributed by atoms with Crippen molar-refractivity contribution in [3.8, 4) is 0 Å². The highest BCUT2D eigenvalue weighted by Crippen LogP contribution is 2.24. The Labute approximate surface area is 129 Å². The molecule has 1 unspecified atom stereocenters. The van der Waals surface area contributed by atoms with E-state index in [1.54, 1.807) is 11.3 Å². The summed E-state index contributed by atoms with van der Waals surface area (Å²) in [6.07, 6.45) is 4.85. The minimum atomic E-state index is 0.0627. The fourth-order valence-corrected chi connectivity index (χ4v) is 3.57. The predicted octanol–water partition coefficient (Wildman–Crippen LogP) is 3.21. The van der Waals surface area contributed by atoms with Crippen molar-refractivity contribution in [1.82, 2.24) is 14.8 Å². The van der Waals surface area contributed by atoms with Gasteiger partial charge in [-0.05, 0) is 30.2 Å². The number of thiazole rings is 1. The molecule has 0 aliphatic rings. The van der Waals surface area contributed by atoms with Gasteiger partial charge in [0.05, 0.1) is 11.7 Å². The van der Waals surface area contributed by atoms with Gasteiger partial charge in [-0.3, -0.25) is 15.7 Å². The van der Waals surface area contributed by atoms with Gasteiger partial charge in [0.15, 0.2) is 4.96 Å². The average Bonchev–Trinajstić information content (AvgIpc) is 2.97. The third-order valence-corrected chi connectivity index (χ3v) is 4.63. The number of imidazole rings is 1. The lowest BCUT2D eigenvalue weighted by molar-refractivity contribution is 0.544. The van der Waals surface area contributed by atoms with Gasteiger partial charge in [-0.15, -0.1) is 11.3 Å². The van der Waals surface area contributed by atoms with Gasteiger partial charge in [-0.2, -0.15) is 0 Å². The molecule has 0 amide bonds. The number of hydrazine groups is 1. The maximum absolute atomic E-state index is 5.74. The van der Waals surface area contributed by atoms with E-state index < -0.39 is 0 Å². The molecular formula is C14H15BrN4S. The molecule has 20 heavy (non-hydrogen) atoms. The van der Waals surface area contributed by atoms with Crippen LogP contribution in [-0.4, -0.2) is 9.38 Å². The van der Waals surface area contributed by atoms with Crippen molar-refractivity contribution in [2.24, 2.45) is 5.84 Å². The topological polar surface area (TPSA) is 55.3 Å². The van der Waals surface area contributed by atoms with Crippen LogP contribution in [0.2, 0.25) is 0 Å². The van der Waals surface area contributed by atoms with E-state index in [1.165, 1.54) is 11.1 Å². The Kier molecular flexibility index (Phi) is 3.89. The second kappa shape index (κ2) is 5.65. The number of nitrogens with two attached hydrogens (primary N) is 1. The Bertz CT molecular complexity index is 705. The highest BCUT2D eigenvalue weighted by molar-refractivity contribution is 9.10. The summed E-state index contributed by atoms with van der Waals surface area (Å²) in [5.41, 5.74) is 6.36. The number of rotatable bonds is 4. The van der Waals surface area contributed by atoms with Gasteiger partial charge in [0.1, 0.15) is 0 Å². The zero-order valence-corrected chi connectivity index (χ0v) is 13.4. The normalized spacial score (nSPS) is 12.9. The first-order chi connectivity index (χ1) is 9.67. The number of nitrogens with zero attached hydrogens (tertiary/aromatic N) is 2. The number of fused-ring (bicyclic) bond motifs is 1. The number of nitrogens with one attached hydrogen (secondary N) is 1. The van der Waals surface area contributed by atoms with Gasteiger partial charge in [0.25, 0.3) is 0 Å². The van der Waals surface area contributed by atoms with E-state index in [1.807, 2.05) is 22.0 Å². The summed E-state index contributed by atoms with van der Waals surface area (Å²) in [5.74, 6) is 5.74. The summed E-state index contributed by atoms with van der Waals surface area (Å²) in [7, 11) is 0. The molecule has 0 saturated carbocycles. The van der Waals surface area contributed by atoms with Crippen LogP contribution >= 0.6 is 27.3 Å². The number of benzene rings is 1. The molecule has 3 aromatic rings. The Hall–Kier alpha value is -1.21. The maximum Gasteiger partial charge on any atom is 0.193 e. The molecule has 0 aliphatic carbocycles. The van der Waals surface area contributed by atoms with E-state index in [4.69, 9.17) is 5.84 Å². The van der Waals surface area contributed by atoms with Crippen LogP contribution in [-0.2, 0) is 6.42 Å². The first-order valence-corrected chi connectivity index (χ1v) is 7.98. The Morgan fingerprint density at radius 3 is 3.05 bits per heavy atom. The van der Waals surface area contributed by atoms with Crippen LogP contribution in [0.1, 0.15) is 22.9 Å². The molecule has 2 aromatic heterocycles. The van der Waals surface area contributed by atoms with Crippen molar-refractivity contribution >= 4 is 32.2 Å². The number of aromatic nitrogens is 2. The van der Waals surface area contributed by atoms with Crippen LogP contribution < -0.4 is 11.3 Å². The van der Waals surface area contributed by atoms with Gasteiger partial charge in [-0.25, -0.2) is 4.98 Å². The standard InChI is InChI=1S/C14H15BrN4S/c1-9-6-10(15)2-3-12(9)13(18-16)7-11-8-19-4-5-20-14(19)17-11/h2-6,8,13,18H,7,16H2,1H3. The molecule has 2 heterocycles. The molecule has 1 atom stereocenters. The van der Waals surface area contributed by atoms with E-state index in [0.29, 0.717) is 0 Å². The van der Waals surface area contributed by atoms with Crippen molar-refractivity contribution in [2.45, 2.75) is 19.4 Å². The molecule has 104 valence electrons. The number of aryl methyl sites for hydroxylation is 1. The Morgan fingerprint density at radius 2 is 2.35 bits per heavy atom. The van der Waals surface area contributed by atoms with Crippen LogP contribution in [0, 0.1) is 6.92 Å². The van der Waals surface area contributed by atoms with Gasteiger partial charge in [0.2, 0.25) is 0 Å². The largest absolute Gasteiger partial charge is 0.297 e. The minimum Gasteiger partial charge on any atom is -0.297 e. The van der Waals surface area contributed by atoms with Crippen LogP contribution in [0.5, 0.6) is 0 Å². The molecule has 3 rings (SSSR count). The molecule has 0 fully saturated rings. The highest BCUT2D eigenvalue weighted by Gasteiger charge is 2.15. The molecule has 0 radical (unpaired) electrons. The maximum atomic E-state index is 5.74. The third-order valence-electron chi connectivity index (χ3n) is 3.36. The summed E-state index contributed by atoms with van der Waals surface area (Å²) in [6, 6.07) is 6.30. The molecule has 0 aliphatic heterocycles. The number of halogens is 1. The minimum absolute atomic E-state index is 0.0627. The fourth-order valence-electron chi connectivity index (χ4n) is 2.37.